The number of hydrogen-bond acceptors (Lipinski definition) is 5. The number of furan rings is 1. The van der Waals surface area contributed by atoms with Crippen molar-refractivity contribution in [2.75, 3.05) is 12.4 Å². The predicted molar refractivity (Wildman–Crippen MR) is 129 cm³/mol. The Hall–Kier alpha value is -2.94. The van der Waals surface area contributed by atoms with Crippen LogP contribution in [0.25, 0.3) is 0 Å². The van der Waals surface area contributed by atoms with Gasteiger partial charge in [0.25, 0.3) is 5.91 Å². The Bertz CT molecular complexity index is 1270. The normalized spacial score (nSPS) is 10.8. The molecule has 0 spiro atoms. The van der Waals surface area contributed by atoms with E-state index in [9.17, 15) is 4.79 Å². The van der Waals surface area contributed by atoms with Crippen molar-refractivity contribution in [3.05, 3.63) is 92.4 Å². The lowest BCUT2D eigenvalue weighted by molar-refractivity contribution is 0.0992. The number of benzene rings is 2. The van der Waals surface area contributed by atoms with Crippen molar-refractivity contribution in [1.29, 1.82) is 0 Å². The number of anilines is 1. The first-order valence-corrected chi connectivity index (χ1v) is 11.3. The zero-order valence-corrected chi connectivity index (χ0v) is 20.4. The highest BCUT2D eigenvalue weighted by Crippen LogP contribution is 2.25. The first-order chi connectivity index (χ1) is 15.9. The average Bonchev–Trinajstić information content (AvgIpc) is 3.42. The molecule has 1 amide bonds. The van der Waals surface area contributed by atoms with E-state index in [-0.39, 0.29) is 12.4 Å². The Kier molecular flexibility index (Phi) is 7.27. The summed E-state index contributed by atoms with van der Waals surface area (Å²) in [6, 6.07) is 15.8. The summed E-state index contributed by atoms with van der Waals surface area (Å²) in [7, 11) is 1.60. The minimum absolute atomic E-state index is 0.147. The van der Waals surface area contributed by atoms with Crippen LogP contribution in [-0.4, -0.2) is 22.8 Å². The number of halogens is 3. The molecule has 0 unspecified atom stereocenters. The zero-order chi connectivity index (χ0) is 23.4. The molecule has 0 saturated carbocycles. The van der Waals surface area contributed by atoms with E-state index < -0.39 is 5.91 Å². The average molecular weight is 551 g/mol. The maximum Gasteiger partial charge on any atom is 0.292 e. The van der Waals surface area contributed by atoms with Gasteiger partial charge in [-0.2, -0.15) is 5.10 Å². The molecule has 0 radical (unpaired) electrons. The van der Waals surface area contributed by atoms with Gasteiger partial charge in [0.15, 0.2) is 11.6 Å². The molecule has 2 heterocycles. The number of nitrogens with one attached hydrogen (secondary N) is 1. The van der Waals surface area contributed by atoms with Gasteiger partial charge in [-0.3, -0.25) is 9.48 Å². The van der Waals surface area contributed by atoms with E-state index in [2.05, 4.69) is 26.3 Å². The third kappa shape index (κ3) is 5.90. The second kappa shape index (κ2) is 10.3. The highest BCUT2D eigenvalue weighted by atomic mass is 79.9. The molecule has 0 bridgehead atoms. The molecule has 0 fully saturated rings. The Balaban J connectivity index is 1.36. The molecular weight excluding hydrogens is 533 g/mol. The number of aromatic nitrogens is 2. The van der Waals surface area contributed by atoms with Crippen molar-refractivity contribution in [3.63, 3.8) is 0 Å². The third-order valence-electron chi connectivity index (χ3n) is 4.60. The van der Waals surface area contributed by atoms with Gasteiger partial charge in [-0.15, -0.1) is 0 Å². The minimum Gasteiger partial charge on any atom is -0.497 e. The quantitative estimate of drug-likeness (QED) is 0.273. The van der Waals surface area contributed by atoms with E-state index in [4.69, 9.17) is 37.1 Å². The molecule has 0 aliphatic rings. The Morgan fingerprint density at radius 1 is 1.09 bits per heavy atom. The second-order valence-corrected chi connectivity index (χ2v) is 8.62. The Labute approximate surface area is 208 Å². The summed E-state index contributed by atoms with van der Waals surface area (Å²) in [4.78, 5) is 12.6. The highest BCUT2D eigenvalue weighted by molar-refractivity contribution is 9.10. The van der Waals surface area contributed by atoms with Crippen LogP contribution in [-0.2, 0) is 13.2 Å². The van der Waals surface area contributed by atoms with Crippen LogP contribution in [0, 0.1) is 0 Å². The molecule has 0 aliphatic heterocycles. The van der Waals surface area contributed by atoms with Gasteiger partial charge in [0.05, 0.1) is 28.2 Å². The summed E-state index contributed by atoms with van der Waals surface area (Å²) < 4.78 is 18.7. The maximum absolute atomic E-state index is 12.6. The molecule has 10 heteroatoms. The standard InChI is InChI=1S/C23H18BrCl2N3O4/c1-31-15-3-5-16(6-4-15)32-13-17-7-9-21(33-17)23(30)27-22-18(24)12-29(28-22)11-14-2-8-19(25)20(26)10-14/h2-10,12H,11,13H2,1H3,(H,27,28,30). The van der Waals surface area contributed by atoms with Crippen LogP contribution in [0.3, 0.4) is 0 Å². The van der Waals surface area contributed by atoms with Crippen LogP contribution in [0.2, 0.25) is 10.0 Å². The summed E-state index contributed by atoms with van der Waals surface area (Å²) >= 11 is 15.5. The molecule has 4 aromatic rings. The van der Waals surface area contributed by atoms with Gasteiger partial charge in [0.1, 0.15) is 23.9 Å². The molecule has 1 N–H and O–H groups in total. The fourth-order valence-electron chi connectivity index (χ4n) is 2.96. The van der Waals surface area contributed by atoms with Crippen molar-refractivity contribution in [1.82, 2.24) is 9.78 Å². The highest BCUT2D eigenvalue weighted by Gasteiger charge is 2.16. The van der Waals surface area contributed by atoms with Gasteiger partial charge in [0.2, 0.25) is 0 Å². The molecule has 2 aromatic heterocycles. The molecule has 0 atom stereocenters. The lowest BCUT2D eigenvalue weighted by Crippen LogP contribution is -2.12. The molecular formula is C23H18BrCl2N3O4. The predicted octanol–water partition coefficient (Wildman–Crippen LogP) is 6.43. The smallest absolute Gasteiger partial charge is 0.292 e. The zero-order valence-electron chi connectivity index (χ0n) is 17.3. The van der Waals surface area contributed by atoms with Crippen LogP contribution in [0.4, 0.5) is 5.82 Å². The van der Waals surface area contributed by atoms with E-state index in [0.29, 0.717) is 38.4 Å². The van der Waals surface area contributed by atoms with Gasteiger partial charge in [0, 0.05) is 6.20 Å². The number of carbonyl (C=O) groups is 1. The number of hydrogen-bond donors (Lipinski definition) is 1. The third-order valence-corrected chi connectivity index (χ3v) is 5.92. The molecule has 170 valence electrons. The van der Waals surface area contributed by atoms with Gasteiger partial charge in [-0.1, -0.05) is 29.3 Å². The summed E-state index contributed by atoms with van der Waals surface area (Å²) in [5.74, 6) is 2.01. The van der Waals surface area contributed by atoms with Crippen molar-refractivity contribution in [2.24, 2.45) is 0 Å². The first kappa shape index (κ1) is 23.2. The Morgan fingerprint density at radius 2 is 1.85 bits per heavy atom. The number of rotatable bonds is 8. The maximum atomic E-state index is 12.6. The number of carbonyl (C=O) groups excluding carboxylic acids is 1. The van der Waals surface area contributed by atoms with E-state index in [1.54, 1.807) is 66.5 Å². The second-order valence-electron chi connectivity index (χ2n) is 6.96. The van der Waals surface area contributed by atoms with Gasteiger partial charge in [-0.05, 0) is 70.0 Å². The van der Waals surface area contributed by atoms with Gasteiger partial charge >= 0.3 is 0 Å². The summed E-state index contributed by atoms with van der Waals surface area (Å²) in [5, 5.41) is 8.10. The van der Waals surface area contributed by atoms with Crippen molar-refractivity contribution >= 4 is 50.9 Å². The number of ether oxygens (including phenoxy) is 2. The van der Waals surface area contributed by atoms with Crippen LogP contribution < -0.4 is 14.8 Å². The lowest BCUT2D eigenvalue weighted by atomic mass is 10.2. The van der Waals surface area contributed by atoms with Crippen molar-refractivity contribution < 1.29 is 18.7 Å². The fraction of sp³-hybridized carbons (Fsp3) is 0.130. The molecule has 2 aromatic carbocycles. The fourth-order valence-corrected chi connectivity index (χ4v) is 3.70. The first-order valence-electron chi connectivity index (χ1n) is 9.75. The molecule has 0 aliphatic carbocycles. The van der Waals surface area contributed by atoms with E-state index in [1.165, 1.54) is 0 Å². The largest absolute Gasteiger partial charge is 0.497 e. The van der Waals surface area contributed by atoms with E-state index >= 15 is 0 Å². The molecule has 0 saturated heterocycles. The van der Waals surface area contributed by atoms with Gasteiger partial charge in [-0.25, -0.2) is 0 Å². The monoisotopic (exact) mass is 549 g/mol. The van der Waals surface area contributed by atoms with Crippen LogP contribution in [0.5, 0.6) is 11.5 Å². The van der Waals surface area contributed by atoms with Crippen molar-refractivity contribution in [2.45, 2.75) is 13.2 Å². The van der Waals surface area contributed by atoms with E-state index in [1.807, 2.05) is 6.07 Å². The summed E-state index contributed by atoms with van der Waals surface area (Å²) in [5.41, 5.74) is 0.921. The molecule has 7 nitrogen and oxygen atoms in total. The number of amides is 1. The Morgan fingerprint density at radius 3 is 2.58 bits per heavy atom. The van der Waals surface area contributed by atoms with Gasteiger partial charge < -0.3 is 19.2 Å². The molecule has 4 rings (SSSR count). The lowest BCUT2D eigenvalue weighted by Gasteiger charge is -2.05. The summed E-state index contributed by atoms with van der Waals surface area (Å²) in [6.45, 7) is 0.639. The van der Waals surface area contributed by atoms with E-state index in [0.717, 1.165) is 11.3 Å². The summed E-state index contributed by atoms with van der Waals surface area (Å²) in [6.07, 6.45) is 1.76. The molecule has 33 heavy (non-hydrogen) atoms. The number of nitrogens with zero attached hydrogens (tertiary/aromatic N) is 2. The van der Waals surface area contributed by atoms with Crippen molar-refractivity contribution in [3.8, 4) is 11.5 Å². The topological polar surface area (TPSA) is 78.5 Å². The van der Waals surface area contributed by atoms with Crippen LogP contribution in [0.15, 0.2) is 69.7 Å². The van der Waals surface area contributed by atoms with Crippen LogP contribution >= 0.6 is 39.1 Å². The minimum atomic E-state index is -0.425. The van der Waals surface area contributed by atoms with Crippen LogP contribution in [0.1, 0.15) is 21.9 Å². The number of methoxy groups -OCH3 is 1. The SMILES string of the molecule is COc1ccc(OCc2ccc(C(=O)Nc3nn(Cc4ccc(Cl)c(Cl)c4)cc3Br)o2)cc1.